The zero-order chi connectivity index (χ0) is 16.3. The number of nitrogens with zero attached hydrogens (tertiary/aromatic N) is 1. The Morgan fingerprint density at radius 3 is 2.22 bits per heavy atom. The first-order valence-electron chi connectivity index (χ1n) is 7.73. The molecule has 23 heavy (non-hydrogen) atoms. The first kappa shape index (κ1) is 16.0. The SMILES string of the molecule is FC(F)(F)c1ccccc1-c1ccc(CN2CCNCC2)cc1. The molecule has 0 aliphatic carbocycles. The van der Waals surface area contributed by atoms with Gasteiger partial charge in [-0.2, -0.15) is 13.2 Å². The highest BCUT2D eigenvalue weighted by Crippen LogP contribution is 2.36. The van der Waals surface area contributed by atoms with E-state index in [2.05, 4.69) is 10.2 Å². The number of hydrogen-bond donors (Lipinski definition) is 1. The zero-order valence-electron chi connectivity index (χ0n) is 12.7. The van der Waals surface area contributed by atoms with Gasteiger partial charge in [-0.05, 0) is 22.8 Å². The lowest BCUT2D eigenvalue weighted by Crippen LogP contribution is -2.42. The highest BCUT2D eigenvalue weighted by molar-refractivity contribution is 5.68. The van der Waals surface area contributed by atoms with Crippen molar-refractivity contribution >= 4 is 0 Å². The quantitative estimate of drug-likeness (QED) is 0.926. The Morgan fingerprint density at radius 1 is 0.913 bits per heavy atom. The van der Waals surface area contributed by atoms with E-state index in [1.54, 1.807) is 18.2 Å². The van der Waals surface area contributed by atoms with Crippen LogP contribution in [0.15, 0.2) is 48.5 Å². The number of benzene rings is 2. The Kier molecular flexibility index (Phi) is 4.68. The number of piperazine rings is 1. The van der Waals surface area contributed by atoms with Crippen LogP contribution in [0.5, 0.6) is 0 Å². The van der Waals surface area contributed by atoms with E-state index in [1.807, 2.05) is 12.1 Å². The smallest absolute Gasteiger partial charge is 0.314 e. The molecule has 0 unspecified atom stereocenters. The van der Waals surface area contributed by atoms with Gasteiger partial charge in [-0.25, -0.2) is 0 Å². The number of nitrogens with one attached hydrogen (secondary N) is 1. The number of halogens is 3. The lowest BCUT2D eigenvalue weighted by Gasteiger charge is -2.27. The van der Waals surface area contributed by atoms with Gasteiger partial charge < -0.3 is 5.32 Å². The minimum atomic E-state index is -4.34. The van der Waals surface area contributed by atoms with Gasteiger partial charge in [0, 0.05) is 32.7 Å². The van der Waals surface area contributed by atoms with Crippen LogP contribution < -0.4 is 5.32 Å². The van der Waals surface area contributed by atoms with Crippen LogP contribution in [0, 0.1) is 0 Å². The summed E-state index contributed by atoms with van der Waals surface area (Å²) in [5.41, 5.74) is 1.37. The van der Waals surface area contributed by atoms with E-state index in [0.29, 0.717) is 5.56 Å². The molecule has 2 aromatic rings. The summed E-state index contributed by atoms with van der Waals surface area (Å²) in [6, 6.07) is 13.1. The third-order valence-corrected chi connectivity index (χ3v) is 4.11. The Morgan fingerprint density at radius 2 is 1.57 bits per heavy atom. The summed E-state index contributed by atoms with van der Waals surface area (Å²) in [7, 11) is 0. The third kappa shape index (κ3) is 3.92. The second-order valence-electron chi connectivity index (χ2n) is 5.77. The predicted molar refractivity (Wildman–Crippen MR) is 85.0 cm³/mol. The molecule has 1 fully saturated rings. The second-order valence-corrected chi connectivity index (χ2v) is 5.77. The topological polar surface area (TPSA) is 15.3 Å². The van der Waals surface area contributed by atoms with Gasteiger partial charge in [0.1, 0.15) is 0 Å². The van der Waals surface area contributed by atoms with Crippen LogP contribution in [0.1, 0.15) is 11.1 Å². The summed E-state index contributed by atoms with van der Waals surface area (Å²) in [5.74, 6) is 0. The van der Waals surface area contributed by atoms with Crippen LogP contribution in [-0.4, -0.2) is 31.1 Å². The summed E-state index contributed by atoms with van der Waals surface area (Å²) >= 11 is 0. The number of hydrogen-bond acceptors (Lipinski definition) is 2. The Hall–Kier alpha value is -1.85. The van der Waals surface area contributed by atoms with Gasteiger partial charge in [-0.3, -0.25) is 4.90 Å². The molecular weight excluding hydrogens is 301 g/mol. The molecule has 0 amide bonds. The molecule has 1 saturated heterocycles. The minimum absolute atomic E-state index is 0.230. The maximum Gasteiger partial charge on any atom is 0.417 e. The zero-order valence-corrected chi connectivity index (χ0v) is 12.7. The Labute approximate surface area is 133 Å². The predicted octanol–water partition coefficient (Wildman–Crippen LogP) is 3.78. The summed E-state index contributed by atoms with van der Waals surface area (Å²) in [5, 5.41) is 3.30. The Balaban J connectivity index is 1.80. The molecule has 1 aliphatic rings. The monoisotopic (exact) mass is 320 g/mol. The van der Waals surface area contributed by atoms with Gasteiger partial charge in [-0.1, -0.05) is 42.5 Å². The maximum atomic E-state index is 13.1. The van der Waals surface area contributed by atoms with Gasteiger partial charge in [0.15, 0.2) is 0 Å². The largest absolute Gasteiger partial charge is 0.417 e. The maximum absolute atomic E-state index is 13.1. The summed E-state index contributed by atoms with van der Waals surface area (Å²) in [6.07, 6.45) is -4.34. The van der Waals surface area contributed by atoms with Gasteiger partial charge in [0.2, 0.25) is 0 Å². The van der Waals surface area contributed by atoms with Gasteiger partial charge >= 0.3 is 6.18 Å². The van der Waals surface area contributed by atoms with E-state index in [9.17, 15) is 13.2 Å². The van der Waals surface area contributed by atoms with Crippen molar-refractivity contribution in [2.75, 3.05) is 26.2 Å². The first-order valence-corrected chi connectivity index (χ1v) is 7.73. The molecule has 0 radical (unpaired) electrons. The Bertz CT molecular complexity index is 644. The average molecular weight is 320 g/mol. The molecule has 1 aliphatic heterocycles. The number of alkyl halides is 3. The fourth-order valence-electron chi connectivity index (χ4n) is 2.90. The molecule has 0 atom stereocenters. The van der Waals surface area contributed by atoms with E-state index in [0.717, 1.165) is 44.4 Å². The standard InChI is InChI=1S/C18H19F3N2/c19-18(20,21)17-4-2-1-3-16(17)15-7-5-14(6-8-15)13-23-11-9-22-10-12-23/h1-8,22H,9-13H2. The average Bonchev–Trinajstić information content (AvgIpc) is 2.56. The highest BCUT2D eigenvalue weighted by Gasteiger charge is 2.33. The molecule has 0 saturated carbocycles. The van der Waals surface area contributed by atoms with Gasteiger partial charge in [-0.15, -0.1) is 0 Å². The van der Waals surface area contributed by atoms with Crippen LogP contribution >= 0.6 is 0 Å². The van der Waals surface area contributed by atoms with Crippen molar-refractivity contribution in [3.05, 3.63) is 59.7 Å². The minimum Gasteiger partial charge on any atom is -0.314 e. The van der Waals surface area contributed by atoms with Crippen molar-refractivity contribution in [1.29, 1.82) is 0 Å². The molecule has 0 aromatic heterocycles. The first-order chi connectivity index (χ1) is 11.0. The molecule has 2 aromatic carbocycles. The van der Waals surface area contributed by atoms with Crippen LogP contribution in [0.2, 0.25) is 0 Å². The molecule has 3 rings (SSSR count). The molecule has 1 N–H and O–H groups in total. The van der Waals surface area contributed by atoms with E-state index < -0.39 is 11.7 Å². The molecular formula is C18H19F3N2. The molecule has 0 spiro atoms. The van der Waals surface area contributed by atoms with Crippen LogP contribution in [0.4, 0.5) is 13.2 Å². The van der Waals surface area contributed by atoms with Gasteiger partial charge in [0.25, 0.3) is 0 Å². The molecule has 2 nitrogen and oxygen atoms in total. The lowest BCUT2D eigenvalue weighted by atomic mass is 9.98. The van der Waals surface area contributed by atoms with E-state index in [-0.39, 0.29) is 5.56 Å². The van der Waals surface area contributed by atoms with Crippen LogP contribution in [-0.2, 0) is 12.7 Å². The molecule has 0 bridgehead atoms. The van der Waals surface area contributed by atoms with Crippen molar-refractivity contribution in [2.45, 2.75) is 12.7 Å². The van der Waals surface area contributed by atoms with Crippen molar-refractivity contribution in [1.82, 2.24) is 10.2 Å². The van der Waals surface area contributed by atoms with Crippen molar-refractivity contribution in [2.24, 2.45) is 0 Å². The molecule has 1 heterocycles. The summed E-state index contributed by atoms with van der Waals surface area (Å²) in [6.45, 7) is 4.80. The van der Waals surface area contributed by atoms with Crippen molar-refractivity contribution in [3.8, 4) is 11.1 Å². The van der Waals surface area contributed by atoms with Crippen molar-refractivity contribution < 1.29 is 13.2 Å². The lowest BCUT2D eigenvalue weighted by molar-refractivity contribution is -0.137. The second kappa shape index (κ2) is 6.72. The fourth-order valence-corrected chi connectivity index (χ4v) is 2.90. The van der Waals surface area contributed by atoms with Gasteiger partial charge in [0.05, 0.1) is 5.56 Å². The van der Waals surface area contributed by atoms with Crippen LogP contribution in [0.25, 0.3) is 11.1 Å². The number of rotatable bonds is 3. The van der Waals surface area contributed by atoms with Crippen molar-refractivity contribution in [3.63, 3.8) is 0 Å². The molecule has 5 heteroatoms. The normalized spacial score (nSPS) is 16.5. The van der Waals surface area contributed by atoms with E-state index >= 15 is 0 Å². The molecule has 122 valence electrons. The van der Waals surface area contributed by atoms with Crippen LogP contribution in [0.3, 0.4) is 0 Å². The van der Waals surface area contributed by atoms with E-state index in [4.69, 9.17) is 0 Å². The van der Waals surface area contributed by atoms with E-state index in [1.165, 1.54) is 12.1 Å². The highest BCUT2D eigenvalue weighted by atomic mass is 19.4. The fraction of sp³-hybridized carbons (Fsp3) is 0.333. The summed E-state index contributed by atoms with van der Waals surface area (Å²) in [4.78, 5) is 2.34. The summed E-state index contributed by atoms with van der Waals surface area (Å²) < 4.78 is 39.3. The third-order valence-electron chi connectivity index (χ3n) is 4.11.